The van der Waals surface area contributed by atoms with Gasteiger partial charge in [0.15, 0.2) is 5.79 Å². The molecule has 0 bridgehead atoms. The summed E-state index contributed by atoms with van der Waals surface area (Å²) in [7, 11) is 0. The van der Waals surface area contributed by atoms with Crippen molar-refractivity contribution in [1.82, 2.24) is 0 Å². The van der Waals surface area contributed by atoms with Crippen molar-refractivity contribution in [2.24, 2.45) is 5.73 Å². The quantitative estimate of drug-likeness (QED) is 0.0638. The monoisotopic (exact) mass is 626 g/mol. The van der Waals surface area contributed by atoms with E-state index in [0.29, 0.717) is 0 Å². The molecule has 260 valence electrons. The lowest BCUT2D eigenvalue weighted by atomic mass is 9.98. The fraction of sp³-hybridized carbons (Fsp3) is 0.810. The summed E-state index contributed by atoms with van der Waals surface area (Å²) >= 11 is 0. The number of unbranched alkanes of at least 4 members (excludes halogenated alkanes) is 18. The molecule has 2 N–H and O–H groups in total. The average molecular weight is 626 g/mol. The van der Waals surface area contributed by atoms with Gasteiger partial charge in [-0.25, -0.2) is 0 Å². The summed E-state index contributed by atoms with van der Waals surface area (Å²) in [6, 6.07) is 0.252. The lowest BCUT2D eigenvalue weighted by molar-refractivity contribution is -0.191. The van der Waals surface area contributed by atoms with E-state index in [-0.39, 0.29) is 24.0 Å². The molecule has 0 aromatic heterocycles. The topological polar surface area (TPSA) is 44.5 Å². The van der Waals surface area contributed by atoms with Crippen LogP contribution in [0.25, 0.3) is 0 Å². The number of allylic oxidation sites excluding steroid dienone is 8. The van der Waals surface area contributed by atoms with Gasteiger partial charge in [-0.05, 0) is 89.9 Å². The summed E-state index contributed by atoms with van der Waals surface area (Å²) in [5.41, 5.74) is 6.22. The van der Waals surface area contributed by atoms with Crippen LogP contribution in [0.5, 0.6) is 0 Å². The van der Waals surface area contributed by atoms with E-state index in [2.05, 4.69) is 62.5 Å². The third kappa shape index (κ3) is 20.6. The first-order valence-electron chi connectivity index (χ1n) is 19.9. The van der Waals surface area contributed by atoms with Crippen LogP contribution in [0.1, 0.15) is 194 Å². The van der Waals surface area contributed by atoms with E-state index < -0.39 is 0 Å². The fourth-order valence-electron chi connectivity index (χ4n) is 6.95. The van der Waals surface area contributed by atoms with Gasteiger partial charge in [0, 0.05) is 18.9 Å². The molecule has 45 heavy (non-hydrogen) atoms. The van der Waals surface area contributed by atoms with Gasteiger partial charge in [0.2, 0.25) is 0 Å². The van der Waals surface area contributed by atoms with Crippen LogP contribution >= 0.6 is 0 Å². The summed E-state index contributed by atoms with van der Waals surface area (Å²) in [5.74, 6) is -0.333. The summed E-state index contributed by atoms with van der Waals surface area (Å²) in [4.78, 5) is 0. The maximum Gasteiger partial charge on any atom is 0.169 e. The van der Waals surface area contributed by atoms with Crippen LogP contribution in [-0.2, 0) is 9.47 Å². The molecule has 2 aliphatic rings. The van der Waals surface area contributed by atoms with Gasteiger partial charge in [-0.3, -0.25) is 0 Å². The van der Waals surface area contributed by atoms with Gasteiger partial charge in [-0.15, -0.1) is 0 Å². The summed E-state index contributed by atoms with van der Waals surface area (Å²) in [5, 5.41) is 0. The SMILES string of the molecule is CCCCC/C=C\C/C=C\CCCCCCCCC1(CCCCCCCC/C=C\C/C=C\CCCCC)O[C@H]2C[C@H](N)C[C@H]2O1. The number of hydrogen-bond donors (Lipinski definition) is 1. The van der Waals surface area contributed by atoms with Gasteiger partial charge in [0.05, 0.1) is 12.2 Å². The third-order valence-corrected chi connectivity index (χ3v) is 9.73. The van der Waals surface area contributed by atoms with Crippen LogP contribution in [0.3, 0.4) is 0 Å². The maximum absolute atomic E-state index is 6.66. The average Bonchev–Trinajstić information content (AvgIpc) is 3.54. The highest BCUT2D eigenvalue weighted by Crippen LogP contribution is 2.43. The summed E-state index contributed by atoms with van der Waals surface area (Å²) in [6.07, 6.45) is 54.2. The molecule has 1 heterocycles. The van der Waals surface area contributed by atoms with Crippen LogP contribution in [-0.4, -0.2) is 24.0 Å². The Kier molecular flexibility index (Phi) is 24.8. The van der Waals surface area contributed by atoms with Gasteiger partial charge >= 0.3 is 0 Å². The maximum atomic E-state index is 6.66. The zero-order chi connectivity index (χ0) is 32.1. The summed E-state index contributed by atoms with van der Waals surface area (Å²) < 4.78 is 13.3. The second-order valence-electron chi connectivity index (χ2n) is 14.1. The van der Waals surface area contributed by atoms with Gasteiger partial charge < -0.3 is 15.2 Å². The van der Waals surface area contributed by atoms with Crippen LogP contribution < -0.4 is 5.73 Å². The molecule has 2 rings (SSSR count). The molecular formula is C42H75NO2. The highest BCUT2D eigenvalue weighted by atomic mass is 16.8. The molecule has 0 radical (unpaired) electrons. The van der Waals surface area contributed by atoms with Crippen molar-refractivity contribution in [1.29, 1.82) is 0 Å². The molecule has 3 nitrogen and oxygen atoms in total. The van der Waals surface area contributed by atoms with E-state index in [9.17, 15) is 0 Å². The van der Waals surface area contributed by atoms with Gasteiger partial charge in [-0.1, -0.05) is 140 Å². The molecular weight excluding hydrogens is 550 g/mol. The van der Waals surface area contributed by atoms with Gasteiger partial charge in [0.25, 0.3) is 0 Å². The van der Waals surface area contributed by atoms with Crippen LogP contribution in [0, 0.1) is 0 Å². The van der Waals surface area contributed by atoms with Crippen molar-refractivity contribution >= 4 is 0 Å². The number of ether oxygens (including phenoxy) is 2. The molecule has 0 aromatic carbocycles. The Morgan fingerprint density at radius 1 is 0.467 bits per heavy atom. The lowest BCUT2D eigenvalue weighted by Crippen LogP contribution is -2.33. The third-order valence-electron chi connectivity index (χ3n) is 9.73. The zero-order valence-corrected chi connectivity index (χ0v) is 30.0. The molecule has 3 heteroatoms. The molecule has 1 aliphatic heterocycles. The van der Waals surface area contributed by atoms with E-state index >= 15 is 0 Å². The van der Waals surface area contributed by atoms with Crippen molar-refractivity contribution in [3.8, 4) is 0 Å². The van der Waals surface area contributed by atoms with Crippen molar-refractivity contribution < 1.29 is 9.47 Å². The van der Waals surface area contributed by atoms with E-state index in [1.165, 1.54) is 141 Å². The molecule has 1 aliphatic carbocycles. The smallest absolute Gasteiger partial charge is 0.169 e. The predicted molar refractivity (Wildman–Crippen MR) is 198 cm³/mol. The normalized spacial score (nSPS) is 21.4. The molecule has 3 atom stereocenters. The Morgan fingerprint density at radius 3 is 1.18 bits per heavy atom. The first-order valence-corrected chi connectivity index (χ1v) is 19.9. The molecule has 1 saturated heterocycles. The Morgan fingerprint density at radius 2 is 0.800 bits per heavy atom. The minimum absolute atomic E-state index is 0.231. The lowest BCUT2D eigenvalue weighted by Gasteiger charge is -2.30. The standard InChI is InChI=1S/C42H75NO2/c1-3-5-7-9-11-13-15-17-19-21-23-25-27-29-31-33-35-42(44-40-37-39(43)38-41(40)45-42)36-34-32-30-28-26-24-22-20-18-16-14-12-10-8-6-4-2/h11-14,17-20,39-41H,3-10,15-16,21-38,43H2,1-2H3/b13-11-,14-12-,19-17-,20-18-/t39-,40-,41+. The minimum atomic E-state index is -0.333. The molecule has 2 fully saturated rings. The number of hydrogen-bond acceptors (Lipinski definition) is 3. The van der Waals surface area contributed by atoms with Crippen molar-refractivity contribution in [3.63, 3.8) is 0 Å². The van der Waals surface area contributed by atoms with Crippen molar-refractivity contribution in [2.45, 2.75) is 218 Å². The highest BCUT2D eigenvalue weighted by molar-refractivity contribution is 4.96. The van der Waals surface area contributed by atoms with E-state index in [0.717, 1.165) is 38.5 Å². The van der Waals surface area contributed by atoms with Crippen LogP contribution in [0.2, 0.25) is 0 Å². The molecule has 0 amide bonds. The molecule has 0 aromatic rings. The first kappa shape index (κ1) is 40.0. The predicted octanol–water partition coefficient (Wildman–Crippen LogP) is 13.0. The second kappa shape index (κ2) is 27.9. The molecule has 0 unspecified atom stereocenters. The van der Waals surface area contributed by atoms with Gasteiger partial charge in [0.1, 0.15) is 0 Å². The second-order valence-corrected chi connectivity index (χ2v) is 14.1. The van der Waals surface area contributed by atoms with Crippen molar-refractivity contribution in [3.05, 3.63) is 48.6 Å². The van der Waals surface area contributed by atoms with E-state index in [4.69, 9.17) is 15.2 Å². The van der Waals surface area contributed by atoms with Crippen LogP contribution in [0.4, 0.5) is 0 Å². The van der Waals surface area contributed by atoms with Crippen molar-refractivity contribution in [2.75, 3.05) is 0 Å². The van der Waals surface area contributed by atoms with E-state index in [1.807, 2.05) is 0 Å². The fourth-order valence-corrected chi connectivity index (χ4v) is 6.95. The largest absolute Gasteiger partial charge is 0.344 e. The van der Waals surface area contributed by atoms with Gasteiger partial charge in [-0.2, -0.15) is 0 Å². The Bertz CT molecular complexity index is 720. The minimum Gasteiger partial charge on any atom is -0.344 e. The number of nitrogens with two attached hydrogens (primary N) is 1. The Labute approximate surface area is 280 Å². The first-order chi connectivity index (χ1) is 22.2. The molecule has 1 saturated carbocycles. The zero-order valence-electron chi connectivity index (χ0n) is 30.0. The van der Waals surface area contributed by atoms with E-state index in [1.54, 1.807) is 0 Å². The molecule has 0 spiro atoms. The van der Waals surface area contributed by atoms with Crippen LogP contribution in [0.15, 0.2) is 48.6 Å². The Hall–Kier alpha value is -1.16. The Balaban J connectivity index is 1.50. The summed E-state index contributed by atoms with van der Waals surface area (Å²) in [6.45, 7) is 4.53. The number of fused-ring (bicyclic) bond motifs is 1. The number of rotatable bonds is 30. The highest BCUT2D eigenvalue weighted by Gasteiger charge is 2.50.